The van der Waals surface area contributed by atoms with Crippen LogP contribution in [0.3, 0.4) is 0 Å². The number of hydrogen-bond donors (Lipinski definition) is 0. The Morgan fingerprint density at radius 1 is 0.400 bits per heavy atom. The Balaban J connectivity index is 0. The van der Waals surface area contributed by atoms with Crippen molar-refractivity contribution in [1.82, 2.24) is 0 Å². The zero-order valence-electron chi connectivity index (χ0n) is 2.12. The van der Waals surface area contributed by atoms with Gasteiger partial charge in [-0.3, -0.25) is 0 Å². The van der Waals surface area contributed by atoms with Gasteiger partial charge in [0.2, 0.25) is 0 Å². The molecule has 0 atom stereocenters. The normalized spacial score (nSPS) is 0. The van der Waals surface area contributed by atoms with Crippen LogP contribution in [0.2, 0.25) is 0 Å². The first-order chi connectivity index (χ1) is 0. The molecule has 0 aliphatic rings. The molecule has 0 N–H and O–H groups in total. The number of hydrogen-bond acceptors (Lipinski definition) is 0. The van der Waals surface area contributed by atoms with Gasteiger partial charge in [-0.25, -0.2) is 0 Å². The molecule has 28 valence electrons. The van der Waals surface area contributed by atoms with E-state index in [4.69, 9.17) is 0 Å². The molecule has 5 heteroatoms. The van der Waals surface area contributed by atoms with Crippen molar-refractivity contribution < 1.29 is 0 Å². The van der Waals surface area contributed by atoms with Crippen LogP contribution in [0.1, 0.15) is 0 Å². The van der Waals surface area contributed by atoms with Gasteiger partial charge in [-0.2, -0.15) is 0 Å². The van der Waals surface area contributed by atoms with Crippen molar-refractivity contribution in [3.8, 4) is 0 Å². The van der Waals surface area contributed by atoms with Crippen molar-refractivity contribution >= 4 is 118 Å². The molecule has 0 rings (SSSR count). The molecule has 0 saturated carbocycles. The van der Waals surface area contributed by atoms with Crippen LogP contribution in [0.25, 0.3) is 0 Å². The summed E-state index contributed by atoms with van der Waals surface area (Å²) in [6.07, 6.45) is 0. The zero-order chi connectivity index (χ0) is 0. The van der Waals surface area contributed by atoms with E-state index in [-0.39, 0.29) is 118 Å². The first kappa shape index (κ1) is 36.3. The number of rotatable bonds is 0. The van der Waals surface area contributed by atoms with Crippen LogP contribution >= 0.6 is 0 Å². The fourth-order valence-electron chi connectivity index (χ4n) is 0. The van der Waals surface area contributed by atoms with E-state index in [1.165, 1.54) is 0 Å². The van der Waals surface area contributed by atoms with Gasteiger partial charge < -0.3 is 0 Å². The fourth-order valence-corrected chi connectivity index (χ4v) is 0. The van der Waals surface area contributed by atoms with Gasteiger partial charge in [0.1, 0.15) is 0 Å². The van der Waals surface area contributed by atoms with Crippen molar-refractivity contribution in [3.05, 3.63) is 0 Å². The van der Waals surface area contributed by atoms with Gasteiger partial charge >= 0.3 is 118 Å². The Morgan fingerprint density at radius 3 is 0.400 bits per heavy atom. The predicted molar refractivity (Wildman–Crippen MR) is 45.5 cm³/mol. The van der Waals surface area contributed by atoms with Crippen LogP contribution in [0.5, 0.6) is 0 Å². The Morgan fingerprint density at radius 2 is 0.400 bits per heavy atom. The quantitative estimate of drug-likeness (QED) is 0.390. The summed E-state index contributed by atoms with van der Waals surface area (Å²) in [5.74, 6) is 0. The van der Waals surface area contributed by atoms with Gasteiger partial charge in [0, 0.05) is 0 Å². The maximum absolute atomic E-state index is 0. The van der Waals surface area contributed by atoms with Gasteiger partial charge in [-0.1, -0.05) is 0 Å². The summed E-state index contributed by atoms with van der Waals surface area (Å²) in [5, 5.41) is 0. The van der Waals surface area contributed by atoms with Crippen LogP contribution < -0.4 is 0 Å². The Labute approximate surface area is 115 Å². The van der Waals surface area contributed by atoms with Gasteiger partial charge in [0.05, 0.1) is 0 Å². The van der Waals surface area contributed by atoms with E-state index in [1.54, 1.807) is 0 Å². The molecule has 0 aromatic carbocycles. The first-order valence-electron chi connectivity index (χ1n) is 0. The van der Waals surface area contributed by atoms with Crippen LogP contribution in [0.4, 0.5) is 0 Å². The average Bonchev–Trinajstić information content (AvgIpc) is 0. The molecule has 0 amide bonds. The molecule has 0 heterocycles. The van der Waals surface area contributed by atoms with E-state index in [9.17, 15) is 0 Å². The van der Waals surface area contributed by atoms with Crippen molar-refractivity contribution in [2.75, 3.05) is 0 Å². The van der Waals surface area contributed by atoms with E-state index in [0.717, 1.165) is 0 Å². The summed E-state index contributed by atoms with van der Waals surface area (Å²) in [5.41, 5.74) is 0. The molecule has 0 radical (unpaired) electrons. The van der Waals surface area contributed by atoms with Crippen molar-refractivity contribution in [2.45, 2.75) is 0 Å². The SMILES string of the molecule is [Mg+2].[Mg+2].[Mg+2].[SbH6-3].[SbH6-3]. The molecule has 0 spiro atoms. The molecule has 0 saturated heterocycles. The monoisotopic (exact) mass is 326 g/mol. The van der Waals surface area contributed by atoms with Crippen LogP contribution in [-0.2, 0) is 0 Å². The fraction of sp³-hybridized carbons (Fsp3) is 0. The third-order valence-corrected chi connectivity index (χ3v) is 0. The van der Waals surface area contributed by atoms with Gasteiger partial charge in [-0.05, 0) is 0 Å². The molecule has 0 unspecified atom stereocenters. The first-order valence-corrected chi connectivity index (χ1v) is 0. The summed E-state index contributed by atoms with van der Waals surface area (Å²) < 4.78 is 0. The minimum absolute atomic E-state index is 0. The standard InChI is InChI=1S/3Mg.2Sb.12H/q3*+2;2*-3;;;;;;;;;;;;. The van der Waals surface area contributed by atoms with Crippen molar-refractivity contribution in [2.24, 2.45) is 0 Å². The third-order valence-electron chi connectivity index (χ3n) is 0. The van der Waals surface area contributed by atoms with Crippen molar-refractivity contribution in [1.29, 1.82) is 0 Å². The maximum atomic E-state index is 0. The van der Waals surface area contributed by atoms with Gasteiger partial charge in [0.15, 0.2) is 0 Å². The predicted octanol–water partition coefficient (Wildman–Crippen LogP) is -5.12. The molecule has 0 bridgehead atoms. The Kier molecular flexibility index (Phi) is 179. The average molecular weight is 329 g/mol. The molecule has 5 heavy (non-hydrogen) atoms. The van der Waals surface area contributed by atoms with E-state index in [1.807, 2.05) is 0 Å². The summed E-state index contributed by atoms with van der Waals surface area (Å²) in [7, 11) is 0. The van der Waals surface area contributed by atoms with Gasteiger partial charge in [-0.15, -0.1) is 0 Å². The summed E-state index contributed by atoms with van der Waals surface area (Å²) in [6.45, 7) is 0. The topological polar surface area (TPSA) is 0 Å². The van der Waals surface area contributed by atoms with E-state index in [2.05, 4.69) is 0 Å². The van der Waals surface area contributed by atoms with E-state index < -0.39 is 0 Å². The van der Waals surface area contributed by atoms with E-state index >= 15 is 0 Å². The second-order valence-electron chi connectivity index (χ2n) is 0. The second-order valence-corrected chi connectivity index (χ2v) is 0. The Hall–Kier alpha value is 3.94. The molecular formula is H12Mg3Sb2. The molecule has 0 aliphatic heterocycles. The molecule has 0 nitrogen and oxygen atoms in total. The summed E-state index contributed by atoms with van der Waals surface area (Å²) in [6, 6.07) is 0. The van der Waals surface area contributed by atoms with Crippen LogP contribution in [0, 0.1) is 0 Å². The van der Waals surface area contributed by atoms with Crippen LogP contribution in [0.15, 0.2) is 0 Å². The van der Waals surface area contributed by atoms with Crippen molar-refractivity contribution in [3.63, 3.8) is 0 Å². The second kappa shape index (κ2) is 24.6. The zero-order valence-corrected chi connectivity index (χ0v) is 6.36. The minimum atomic E-state index is 0. The summed E-state index contributed by atoms with van der Waals surface area (Å²) in [4.78, 5) is 0. The third kappa shape index (κ3) is 18.1. The van der Waals surface area contributed by atoms with Gasteiger partial charge in [0.25, 0.3) is 0 Å². The molecule has 0 aromatic heterocycles. The van der Waals surface area contributed by atoms with E-state index in [0.29, 0.717) is 0 Å². The molecular weight excluding hydrogens is 316 g/mol. The Bertz CT molecular complexity index is 4.85. The van der Waals surface area contributed by atoms with Crippen LogP contribution in [-0.4, -0.2) is 118 Å². The summed E-state index contributed by atoms with van der Waals surface area (Å²) >= 11 is 0. The molecule has 0 fully saturated rings. The molecule has 0 aromatic rings. The molecule has 0 aliphatic carbocycles.